The van der Waals surface area contributed by atoms with Crippen molar-refractivity contribution < 1.29 is 19.1 Å². The van der Waals surface area contributed by atoms with Crippen LogP contribution < -0.4 is 10.2 Å². The number of esters is 1. The van der Waals surface area contributed by atoms with Gasteiger partial charge in [0.15, 0.2) is 0 Å². The molecule has 0 unspecified atom stereocenters. The van der Waals surface area contributed by atoms with Crippen molar-refractivity contribution in [1.82, 2.24) is 4.90 Å². The van der Waals surface area contributed by atoms with Crippen molar-refractivity contribution in [2.45, 2.75) is 13.8 Å². The fourth-order valence-electron chi connectivity index (χ4n) is 3.38. The van der Waals surface area contributed by atoms with Crippen LogP contribution in [0.4, 0.5) is 11.4 Å². The molecule has 1 saturated heterocycles. The first-order chi connectivity index (χ1) is 14.8. The first-order valence-corrected chi connectivity index (χ1v) is 10.6. The number of hydrogen-bond acceptors (Lipinski definition) is 5. The highest BCUT2D eigenvalue weighted by Gasteiger charge is 2.23. The molecule has 2 amide bonds. The summed E-state index contributed by atoms with van der Waals surface area (Å²) in [5.74, 6) is -0.898. The molecule has 0 spiro atoms. The largest absolute Gasteiger partial charge is 0.462 e. The smallest absolute Gasteiger partial charge is 0.338 e. The van der Waals surface area contributed by atoms with Gasteiger partial charge in [-0.1, -0.05) is 23.2 Å². The third-order valence-corrected chi connectivity index (χ3v) is 5.56. The Morgan fingerprint density at radius 3 is 2.39 bits per heavy atom. The number of anilines is 2. The van der Waals surface area contributed by atoms with Gasteiger partial charge in [-0.2, -0.15) is 0 Å². The van der Waals surface area contributed by atoms with Gasteiger partial charge in [-0.25, -0.2) is 4.79 Å². The highest BCUT2D eigenvalue weighted by molar-refractivity contribution is 6.36. The van der Waals surface area contributed by atoms with Crippen molar-refractivity contribution in [1.29, 1.82) is 0 Å². The minimum atomic E-state index is -0.480. The van der Waals surface area contributed by atoms with E-state index in [1.807, 2.05) is 0 Å². The van der Waals surface area contributed by atoms with Crippen LogP contribution in [0, 0.1) is 0 Å². The molecular weight excluding hydrogens is 441 g/mol. The lowest BCUT2D eigenvalue weighted by molar-refractivity contribution is -0.129. The number of nitrogens with zero attached hydrogens (tertiary/aromatic N) is 2. The van der Waals surface area contributed by atoms with Crippen molar-refractivity contribution in [3.63, 3.8) is 0 Å². The SMILES string of the molecule is CCOC(=O)c1ccc(N2CCN(C(C)=O)CC2)c(NC(=O)c2cc(Cl)ccc2Cl)c1. The molecule has 1 aliphatic rings. The van der Waals surface area contributed by atoms with Crippen LogP contribution in [-0.2, 0) is 9.53 Å². The summed E-state index contributed by atoms with van der Waals surface area (Å²) in [5.41, 5.74) is 1.73. The molecule has 9 heteroatoms. The van der Waals surface area contributed by atoms with Crippen molar-refractivity contribution in [3.8, 4) is 0 Å². The van der Waals surface area contributed by atoms with E-state index in [-0.39, 0.29) is 23.1 Å². The van der Waals surface area contributed by atoms with Crippen LogP contribution in [0.25, 0.3) is 0 Å². The van der Waals surface area contributed by atoms with E-state index in [9.17, 15) is 14.4 Å². The monoisotopic (exact) mass is 463 g/mol. The summed E-state index contributed by atoms with van der Waals surface area (Å²) >= 11 is 12.2. The lowest BCUT2D eigenvalue weighted by Crippen LogP contribution is -2.48. The molecule has 1 heterocycles. The lowest BCUT2D eigenvalue weighted by Gasteiger charge is -2.36. The molecule has 0 aliphatic carbocycles. The predicted molar refractivity (Wildman–Crippen MR) is 121 cm³/mol. The van der Waals surface area contributed by atoms with Gasteiger partial charge in [0.05, 0.1) is 34.1 Å². The van der Waals surface area contributed by atoms with Crippen LogP contribution in [0.5, 0.6) is 0 Å². The Balaban J connectivity index is 1.92. The normalized spacial score (nSPS) is 13.7. The van der Waals surface area contributed by atoms with Crippen molar-refractivity contribution >= 4 is 52.4 Å². The molecule has 0 atom stereocenters. The summed E-state index contributed by atoms with van der Waals surface area (Å²) in [6, 6.07) is 9.65. The van der Waals surface area contributed by atoms with Crippen LogP contribution in [0.2, 0.25) is 10.0 Å². The van der Waals surface area contributed by atoms with Crippen molar-refractivity contribution in [2.24, 2.45) is 0 Å². The number of carbonyl (C=O) groups excluding carboxylic acids is 3. The maximum atomic E-state index is 12.9. The fourth-order valence-corrected chi connectivity index (χ4v) is 3.75. The molecule has 1 fully saturated rings. The first-order valence-electron chi connectivity index (χ1n) is 9.88. The average Bonchev–Trinajstić information content (AvgIpc) is 2.75. The molecule has 164 valence electrons. The predicted octanol–water partition coefficient (Wildman–Crippen LogP) is 4.09. The van der Waals surface area contributed by atoms with Crippen LogP contribution in [0.15, 0.2) is 36.4 Å². The number of halogens is 2. The fraction of sp³-hybridized carbons (Fsp3) is 0.318. The molecule has 0 aromatic heterocycles. The summed E-state index contributed by atoms with van der Waals surface area (Å²) in [6.45, 7) is 5.85. The average molecular weight is 464 g/mol. The topological polar surface area (TPSA) is 79.0 Å². The molecular formula is C22H23Cl2N3O4. The number of rotatable bonds is 5. The number of benzene rings is 2. The Hall–Kier alpha value is -2.77. The van der Waals surface area contributed by atoms with E-state index in [2.05, 4.69) is 10.2 Å². The Morgan fingerprint density at radius 1 is 1.03 bits per heavy atom. The van der Waals surface area contributed by atoms with Gasteiger partial charge in [-0.15, -0.1) is 0 Å². The number of ether oxygens (including phenoxy) is 1. The Labute approximate surface area is 190 Å². The second kappa shape index (κ2) is 10.0. The van der Waals surface area contributed by atoms with E-state index in [1.54, 1.807) is 49.1 Å². The van der Waals surface area contributed by atoms with E-state index >= 15 is 0 Å². The number of hydrogen-bond donors (Lipinski definition) is 1. The summed E-state index contributed by atoms with van der Waals surface area (Å²) in [5, 5.41) is 3.50. The maximum Gasteiger partial charge on any atom is 0.338 e. The van der Waals surface area contributed by atoms with Crippen LogP contribution >= 0.6 is 23.2 Å². The van der Waals surface area contributed by atoms with Gasteiger partial charge in [-0.05, 0) is 43.3 Å². The molecule has 1 aliphatic heterocycles. The Kier molecular flexibility index (Phi) is 7.41. The van der Waals surface area contributed by atoms with Gasteiger partial charge in [0, 0.05) is 38.1 Å². The second-order valence-corrected chi connectivity index (χ2v) is 7.87. The highest BCUT2D eigenvalue weighted by atomic mass is 35.5. The number of amides is 2. The zero-order chi connectivity index (χ0) is 22.5. The van der Waals surface area contributed by atoms with E-state index in [4.69, 9.17) is 27.9 Å². The van der Waals surface area contributed by atoms with Gasteiger partial charge in [0.1, 0.15) is 0 Å². The molecule has 7 nitrogen and oxygen atoms in total. The molecule has 0 saturated carbocycles. The number of piperazine rings is 1. The molecule has 2 aromatic carbocycles. The zero-order valence-corrected chi connectivity index (χ0v) is 18.8. The van der Waals surface area contributed by atoms with Gasteiger partial charge in [0.25, 0.3) is 5.91 Å². The van der Waals surface area contributed by atoms with Crippen LogP contribution in [0.1, 0.15) is 34.6 Å². The first kappa shape index (κ1) is 22.9. The molecule has 0 bridgehead atoms. The van der Waals surface area contributed by atoms with E-state index in [1.165, 1.54) is 6.07 Å². The molecule has 31 heavy (non-hydrogen) atoms. The van der Waals surface area contributed by atoms with Crippen molar-refractivity contribution in [2.75, 3.05) is 43.0 Å². The Morgan fingerprint density at radius 2 is 1.74 bits per heavy atom. The lowest BCUT2D eigenvalue weighted by atomic mass is 10.1. The summed E-state index contributed by atoms with van der Waals surface area (Å²) < 4.78 is 5.09. The minimum Gasteiger partial charge on any atom is -0.462 e. The highest BCUT2D eigenvalue weighted by Crippen LogP contribution is 2.30. The number of nitrogens with one attached hydrogen (secondary N) is 1. The van der Waals surface area contributed by atoms with Crippen LogP contribution in [-0.4, -0.2) is 55.5 Å². The molecule has 1 N–H and O–H groups in total. The van der Waals surface area contributed by atoms with E-state index in [0.717, 1.165) is 5.69 Å². The third kappa shape index (κ3) is 5.48. The van der Waals surface area contributed by atoms with Gasteiger partial charge < -0.3 is 19.9 Å². The Bertz CT molecular complexity index is 1000. The molecule has 0 radical (unpaired) electrons. The van der Waals surface area contributed by atoms with E-state index in [0.29, 0.717) is 42.5 Å². The summed E-state index contributed by atoms with van der Waals surface area (Å²) in [4.78, 5) is 40.6. The summed E-state index contributed by atoms with van der Waals surface area (Å²) in [6.07, 6.45) is 0. The number of carbonyl (C=O) groups is 3. The minimum absolute atomic E-state index is 0.0291. The quantitative estimate of drug-likeness (QED) is 0.675. The zero-order valence-electron chi connectivity index (χ0n) is 17.3. The molecule has 2 aromatic rings. The van der Waals surface area contributed by atoms with Gasteiger partial charge in [-0.3, -0.25) is 9.59 Å². The third-order valence-electron chi connectivity index (χ3n) is 4.99. The summed E-state index contributed by atoms with van der Waals surface area (Å²) in [7, 11) is 0. The van der Waals surface area contributed by atoms with Crippen molar-refractivity contribution in [3.05, 3.63) is 57.6 Å². The standard InChI is InChI=1S/C22H23Cl2N3O4/c1-3-31-22(30)15-4-7-20(27-10-8-26(9-11-27)14(2)28)19(12-15)25-21(29)17-13-16(23)5-6-18(17)24/h4-7,12-13H,3,8-11H2,1-2H3,(H,25,29). The maximum absolute atomic E-state index is 12.9. The van der Waals surface area contributed by atoms with Crippen LogP contribution in [0.3, 0.4) is 0 Å². The van der Waals surface area contributed by atoms with Gasteiger partial charge in [0.2, 0.25) is 5.91 Å². The molecule has 3 rings (SSSR count). The second-order valence-electron chi connectivity index (χ2n) is 7.02. The van der Waals surface area contributed by atoms with Gasteiger partial charge >= 0.3 is 5.97 Å². The van der Waals surface area contributed by atoms with E-state index < -0.39 is 11.9 Å².